The van der Waals surface area contributed by atoms with E-state index in [1.54, 1.807) is 0 Å². The van der Waals surface area contributed by atoms with E-state index in [4.69, 9.17) is 4.74 Å². The molecule has 1 N–H and O–H groups in total. The Morgan fingerprint density at radius 1 is 1.55 bits per heavy atom. The standard InChI is InChI=1S/C16H25N3O/c1-3-17-16(14-11-19(2)9-10-20-14)13-7-6-12-5-4-8-18-15(12)13/h4-5,8,13-14,16-17H,3,6-7,9-11H2,1-2H3. The van der Waals surface area contributed by atoms with Gasteiger partial charge in [0.1, 0.15) is 0 Å². The number of rotatable bonds is 4. The number of likely N-dealkylation sites (N-methyl/N-ethyl adjacent to an activating group) is 2. The first-order valence-electron chi connectivity index (χ1n) is 7.77. The zero-order valence-corrected chi connectivity index (χ0v) is 12.5. The van der Waals surface area contributed by atoms with E-state index in [1.807, 2.05) is 12.3 Å². The van der Waals surface area contributed by atoms with Gasteiger partial charge in [-0.1, -0.05) is 13.0 Å². The first kappa shape index (κ1) is 14.0. The van der Waals surface area contributed by atoms with Crippen LogP contribution in [0.25, 0.3) is 0 Å². The molecule has 110 valence electrons. The van der Waals surface area contributed by atoms with Crippen molar-refractivity contribution in [2.24, 2.45) is 0 Å². The Morgan fingerprint density at radius 3 is 3.25 bits per heavy atom. The molecule has 4 heteroatoms. The summed E-state index contributed by atoms with van der Waals surface area (Å²) in [5.74, 6) is 0.489. The number of nitrogens with zero attached hydrogens (tertiary/aromatic N) is 2. The van der Waals surface area contributed by atoms with E-state index >= 15 is 0 Å². The Morgan fingerprint density at radius 2 is 2.45 bits per heavy atom. The zero-order chi connectivity index (χ0) is 13.9. The maximum absolute atomic E-state index is 6.06. The van der Waals surface area contributed by atoms with Crippen LogP contribution in [0.5, 0.6) is 0 Å². The first-order chi connectivity index (χ1) is 9.79. The highest BCUT2D eigenvalue weighted by Gasteiger charge is 2.37. The lowest BCUT2D eigenvalue weighted by atomic mass is 9.91. The van der Waals surface area contributed by atoms with Crippen molar-refractivity contribution in [2.75, 3.05) is 33.3 Å². The van der Waals surface area contributed by atoms with E-state index in [-0.39, 0.29) is 6.10 Å². The number of nitrogens with one attached hydrogen (secondary N) is 1. The number of pyridine rings is 1. The third-order valence-electron chi connectivity index (χ3n) is 4.57. The van der Waals surface area contributed by atoms with E-state index in [0.29, 0.717) is 12.0 Å². The van der Waals surface area contributed by atoms with Crippen LogP contribution in [0, 0.1) is 0 Å². The van der Waals surface area contributed by atoms with Gasteiger partial charge in [-0.15, -0.1) is 0 Å². The fourth-order valence-electron chi connectivity index (χ4n) is 3.59. The molecule has 1 fully saturated rings. The van der Waals surface area contributed by atoms with Crippen molar-refractivity contribution in [1.82, 2.24) is 15.2 Å². The monoisotopic (exact) mass is 275 g/mol. The van der Waals surface area contributed by atoms with Crippen molar-refractivity contribution in [1.29, 1.82) is 0 Å². The van der Waals surface area contributed by atoms with E-state index in [0.717, 1.165) is 32.7 Å². The van der Waals surface area contributed by atoms with Crippen LogP contribution in [0.2, 0.25) is 0 Å². The third kappa shape index (κ3) is 2.73. The second-order valence-electron chi connectivity index (χ2n) is 5.95. The fraction of sp³-hybridized carbons (Fsp3) is 0.688. The molecule has 1 aliphatic heterocycles. The smallest absolute Gasteiger partial charge is 0.0861 e. The van der Waals surface area contributed by atoms with Gasteiger partial charge in [-0.2, -0.15) is 0 Å². The maximum atomic E-state index is 6.06. The SMILES string of the molecule is CCNC(C1CN(C)CCO1)C1CCc2cccnc21. The minimum atomic E-state index is 0.270. The largest absolute Gasteiger partial charge is 0.374 e. The van der Waals surface area contributed by atoms with E-state index in [1.165, 1.54) is 17.7 Å². The number of ether oxygens (including phenoxy) is 1. The molecule has 1 aliphatic carbocycles. The lowest BCUT2D eigenvalue weighted by molar-refractivity contribution is -0.0432. The second-order valence-corrected chi connectivity index (χ2v) is 5.95. The molecule has 0 saturated carbocycles. The Bertz CT molecular complexity index is 451. The molecular weight excluding hydrogens is 250 g/mol. The van der Waals surface area contributed by atoms with Crippen LogP contribution in [0.3, 0.4) is 0 Å². The van der Waals surface area contributed by atoms with Crippen LogP contribution in [0.15, 0.2) is 18.3 Å². The molecule has 0 amide bonds. The summed E-state index contributed by atoms with van der Waals surface area (Å²) >= 11 is 0. The number of fused-ring (bicyclic) bond motifs is 1. The Labute approximate surface area is 121 Å². The van der Waals surface area contributed by atoms with E-state index in [9.17, 15) is 0 Å². The average molecular weight is 275 g/mol. The van der Waals surface area contributed by atoms with Crippen molar-refractivity contribution in [3.63, 3.8) is 0 Å². The first-order valence-corrected chi connectivity index (χ1v) is 7.77. The highest BCUT2D eigenvalue weighted by atomic mass is 16.5. The van der Waals surface area contributed by atoms with Crippen molar-refractivity contribution in [3.05, 3.63) is 29.6 Å². The van der Waals surface area contributed by atoms with Gasteiger partial charge in [0.25, 0.3) is 0 Å². The Balaban J connectivity index is 1.80. The predicted molar refractivity (Wildman–Crippen MR) is 80.0 cm³/mol. The lowest BCUT2D eigenvalue weighted by Crippen LogP contribution is -2.53. The Hall–Kier alpha value is -0.970. The summed E-state index contributed by atoms with van der Waals surface area (Å²) in [6, 6.07) is 4.65. The van der Waals surface area contributed by atoms with Crippen LogP contribution in [0.4, 0.5) is 0 Å². The van der Waals surface area contributed by atoms with Crippen molar-refractivity contribution >= 4 is 0 Å². The topological polar surface area (TPSA) is 37.4 Å². The van der Waals surface area contributed by atoms with Crippen molar-refractivity contribution < 1.29 is 4.74 Å². The summed E-state index contributed by atoms with van der Waals surface area (Å²) < 4.78 is 6.06. The van der Waals surface area contributed by atoms with Crippen molar-refractivity contribution in [2.45, 2.75) is 37.8 Å². The summed E-state index contributed by atoms with van der Waals surface area (Å²) in [5, 5.41) is 3.66. The van der Waals surface area contributed by atoms with Crippen molar-refractivity contribution in [3.8, 4) is 0 Å². The highest BCUT2D eigenvalue weighted by Crippen LogP contribution is 2.35. The van der Waals surface area contributed by atoms with Gasteiger partial charge >= 0.3 is 0 Å². The minimum Gasteiger partial charge on any atom is -0.374 e. The van der Waals surface area contributed by atoms with Crippen LogP contribution < -0.4 is 5.32 Å². The molecule has 1 aromatic rings. The number of aromatic nitrogens is 1. The molecule has 0 spiro atoms. The number of hydrogen-bond donors (Lipinski definition) is 1. The molecule has 20 heavy (non-hydrogen) atoms. The minimum absolute atomic E-state index is 0.270. The number of hydrogen-bond acceptors (Lipinski definition) is 4. The van der Waals surface area contributed by atoms with Crippen LogP contribution in [-0.2, 0) is 11.2 Å². The van der Waals surface area contributed by atoms with Gasteiger partial charge in [-0.3, -0.25) is 4.98 Å². The van der Waals surface area contributed by atoms with Crippen LogP contribution in [-0.4, -0.2) is 55.3 Å². The predicted octanol–water partition coefficient (Wildman–Crippen LogP) is 1.42. The maximum Gasteiger partial charge on any atom is 0.0861 e. The highest BCUT2D eigenvalue weighted by molar-refractivity contribution is 5.30. The number of morpholine rings is 1. The zero-order valence-electron chi connectivity index (χ0n) is 12.5. The van der Waals surface area contributed by atoms with Gasteiger partial charge in [0.15, 0.2) is 0 Å². The number of aryl methyl sites for hydroxylation is 1. The van der Waals surface area contributed by atoms with Crippen LogP contribution in [0.1, 0.15) is 30.5 Å². The summed E-state index contributed by atoms with van der Waals surface area (Å²) in [5.41, 5.74) is 2.71. The molecular formula is C16H25N3O. The third-order valence-corrected chi connectivity index (χ3v) is 4.57. The lowest BCUT2D eigenvalue weighted by Gasteiger charge is -2.38. The molecule has 1 saturated heterocycles. The summed E-state index contributed by atoms with van der Waals surface area (Å²) in [6.45, 7) is 6.04. The van der Waals surface area contributed by atoms with Gasteiger partial charge in [0.05, 0.1) is 12.7 Å². The van der Waals surface area contributed by atoms with Gasteiger partial charge < -0.3 is 15.0 Å². The summed E-state index contributed by atoms with van der Waals surface area (Å²) in [4.78, 5) is 7.02. The van der Waals surface area contributed by atoms with E-state index < -0.39 is 0 Å². The quantitative estimate of drug-likeness (QED) is 0.902. The molecule has 3 rings (SSSR count). The van der Waals surface area contributed by atoms with Gasteiger partial charge in [-0.25, -0.2) is 0 Å². The van der Waals surface area contributed by atoms with Gasteiger partial charge in [0, 0.05) is 36.9 Å². The molecule has 3 unspecified atom stereocenters. The molecule has 0 bridgehead atoms. The molecule has 2 heterocycles. The van der Waals surface area contributed by atoms with Gasteiger partial charge in [-0.05, 0) is 38.1 Å². The molecule has 0 aromatic carbocycles. The normalized spacial score (nSPS) is 28.3. The average Bonchev–Trinajstić information content (AvgIpc) is 2.88. The Kier molecular flexibility index (Phi) is 4.34. The molecule has 3 atom stereocenters. The molecule has 2 aliphatic rings. The second kappa shape index (κ2) is 6.20. The van der Waals surface area contributed by atoms with Gasteiger partial charge in [0.2, 0.25) is 0 Å². The summed E-state index contributed by atoms with van der Waals surface area (Å²) in [7, 11) is 2.18. The molecule has 4 nitrogen and oxygen atoms in total. The summed E-state index contributed by atoms with van der Waals surface area (Å²) in [6.07, 6.45) is 4.53. The van der Waals surface area contributed by atoms with Crippen LogP contribution >= 0.6 is 0 Å². The fourth-order valence-corrected chi connectivity index (χ4v) is 3.59. The molecule has 0 radical (unpaired) electrons. The van der Waals surface area contributed by atoms with E-state index in [2.05, 4.69) is 35.2 Å². The molecule has 1 aromatic heterocycles.